The van der Waals surface area contributed by atoms with E-state index in [2.05, 4.69) is 5.32 Å². The second kappa shape index (κ2) is 5.90. The Balaban J connectivity index is 2.98. The molecule has 2 N–H and O–H groups in total. The van der Waals surface area contributed by atoms with Gasteiger partial charge in [0.2, 0.25) is 0 Å². The lowest BCUT2D eigenvalue weighted by Gasteiger charge is -2.27. The molecular formula is C14H18FNO4. The molecule has 110 valence electrons. The number of carbonyl (C=O) groups is 2. The molecule has 0 saturated carbocycles. The molecule has 0 saturated heterocycles. The summed E-state index contributed by atoms with van der Waals surface area (Å²) in [5.41, 5.74) is -0.509. The van der Waals surface area contributed by atoms with E-state index in [1.54, 1.807) is 20.8 Å². The number of methoxy groups -OCH3 is 1. The molecule has 0 aliphatic carbocycles. The van der Waals surface area contributed by atoms with E-state index in [1.807, 2.05) is 0 Å². The number of carboxylic acid groups (broad SMARTS) is 1. The van der Waals surface area contributed by atoms with Gasteiger partial charge in [-0.1, -0.05) is 20.8 Å². The number of hydrogen-bond donors (Lipinski definition) is 2. The summed E-state index contributed by atoms with van der Waals surface area (Å²) in [6, 6.07) is 2.55. The number of carboxylic acids is 1. The van der Waals surface area contributed by atoms with Crippen molar-refractivity contribution in [1.29, 1.82) is 0 Å². The molecule has 1 aromatic carbocycles. The SMILES string of the molecule is COc1cc(C(=O)N[C@@H](C(=O)O)C(C)(C)C)ccc1F. The van der Waals surface area contributed by atoms with E-state index >= 15 is 0 Å². The second-order valence-corrected chi connectivity index (χ2v) is 5.46. The van der Waals surface area contributed by atoms with Gasteiger partial charge in [-0.2, -0.15) is 0 Å². The maximum atomic E-state index is 13.3. The summed E-state index contributed by atoms with van der Waals surface area (Å²) < 4.78 is 18.0. The summed E-state index contributed by atoms with van der Waals surface area (Å²) in [6.45, 7) is 5.12. The normalized spacial score (nSPS) is 12.7. The molecule has 1 rings (SSSR count). The minimum Gasteiger partial charge on any atom is -0.494 e. The highest BCUT2D eigenvalue weighted by Gasteiger charge is 2.32. The fourth-order valence-corrected chi connectivity index (χ4v) is 1.66. The average molecular weight is 283 g/mol. The van der Waals surface area contributed by atoms with E-state index in [1.165, 1.54) is 19.2 Å². The molecule has 1 amide bonds. The lowest BCUT2D eigenvalue weighted by molar-refractivity contribution is -0.142. The molecule has 0 bridgehead atoms. The van der Waals surface area contributed by atoms with Gasteiger partial charge in [-0.15, -0.1) is 0 Å². The number of nitrogens with one attached hydrogen (secondary N) is 1. The predicted molar refractivity (Wildman–Crippen MR) is 71.3 cm³/mol. The van der Waals surface area contributed by atoms with Gasteiger partial charge in [0.1, 0.15) is 6.04 Å². The molecule has 0 heterocycles. The molecule has 5 nitrogen and oxygen atoms in total. The monoisotopic (exact) mass is 283 g/mol. The van der Waals surface area contributed by atoms with E-state index in [0.29, 0.717) is 0 Å². The van der Waals surface area contributed by atoms with E-state index in [9.17, 15) is 14.0 Å². The van der Waals surface area contributed by atoms with Crippen LogP contribution >= 0.6 is 0 Å². The highest BCUT2D eigenvalue weighted by atomic mass is 19.1. The van der Waals surface area contributed by atoms with Gasteiger partial charge in [0.25, 0.3) is 5.91 Å². The molecule has 0 spiro atoms. The van der Waals surface area contributed by atoms with Crippen LogP contribution in [0.25, 0.3) is 0 Å². The van der Waals surface area contributed by atoms with Crippen molar-refractivity contribution in [3.05, 3.63) is 29.6 Å². The van der Waals surface area contributed by atoms with Crippen LogP contribution in [0, 0.1) is 11.2 Å². The smallest absolute Gasteiger partial charge is 0.326 e. The van der Waals surface area contributed by atoms with Crippen LogP contribution in [0.1, 0.15) is 31.1 Å². The third-order valence-corrected chi connectivity index (χ3v) is 2.80. The number of benzene rings is 1. The Hall–Kier alpha value is -2.11. The van der Waals surface area contributed by atoms with Crippen molar-refractivity contribution >= 4 is 11.9 Å². The number of aliphatic carboxylic acids is 1. The summed E-state index contributed by atoms with van der Waals surface area (Å²) in [4.78, 5) is 23.2. The molecule has 0 fully saturated rings. The van der Waals surface area contributed by atoms with E-state index in [-0.39, 0.29) is 11.3 Å². The first-order chi connectivity index (χ1) is 9.16. The van der Waals surface area contributed by atoms with Gasteiger partial charge in [-0.25, -0.2) is 9.18 Å². The Morgan fingerprint density at radius 3 is 2.40 bits per heavy atom. The van der Waals surface area contributed by atoms with Crippen LogP contribution in [0.2, 0.25) is 0 Å². The molecule has 6 heteroatoms. The Bertz CT molecular complexity index is 522. The van der Waals surface area contributed by atoms with Crippen LogP contribution in [0.15, 0.2) is 18.2 Å². The molecule has 0 aliphatic rings. The first-order valence-corrected chi connectivity index (χ1v) is 6.04. The van der Waals surface area contributed by atoms with Gasteiger partial charge in [0, 0.05) is 5.56 Å². The van der Waals surface area contributed by atoms with Gasteiger partial charge < -0.3 is 15.2 Å². The first-order valence-electron chi connectivity index (χ1n) is 6.04. The summed E-state index contributed by atoms with van der Waals surface area (Å²) in [5.74, 6) is -2.37. The Morgan fingerprint density at radius 1 is 1.35 bits per heavy atom. The van der Waals surface area contributed by atoms with Crippen molar-refractivity contribution in [1.82, 2.24) is 5.32 Å². The number of rotatable bonds is 4. The summed E-state index contributed by atoms with van der Waals surface area (Å²) >= 11 is 0. The van der Waals surface area contributed by atoms with Crippen molar-refractivity contribution in [2.45, 2.75) is 26.8 Å². The van der Waals surface area contributed by atoms with E-state index < -0.39 is 29.2 Å². The highest BCUT2D eigenvalue weighted by molar-refractivity contribution is 5.97. The lowest BCUT2D eigenvalue weighted by Crippen LogP contribution is -2.49. The average Bonchev–Trinajstić information content (AvgIpc) is 2.34. The number of halogens is 1. The second-order valence-electron chi connectivity index (χ2n) is 5.46. The molecule has 0 unspecified atom stereocenters. The van der Waals surface area contributed by atoms with Gasteiger partial charge in [0.15, 0.2) is 11.6 Å². The zero-order chi connectivity index (χ0) is 15.5. The molecule has 0 radical (unpaired) electrons. The van der Waals surface area contributed by atoms with Crippen molar-refractivity contribution in [2.75, 3.05) is 7.11 Å². The van der Waals surface area contributed by atoms with Crippen LogP contribution in [-0.2, 0) is 4.79 Å². The number of hydrogen-bond acceptors (Lipinski definition) is 3. The van der Waals surface area contributed by atoms with Crippen LogP contribution in [0.3, 0.4) is 0 Å². The molecule has 0 aliphatic heterocycles. The van der Waals surface area contributed by atoms with Crippen LogP contribution in [0.5, 0.6) is 5.75 Å². The number of amides is 1. The van der Waals surface area contributed by atoms with Gasteiger partial charge in [-0.05, 0) is 23.6 Å². The zero-order valence-corrected chi connectivity index (χ0v) is 11.9. The topological polar surface area (TPSA) is 75.6 Å². The van der Waals surface area contributed by atoms with E-state index in [0.717, 1.165) is 6.07 Å². The summed E-state index contributed by atoms with van der Waals surface area (Å²) in [7, 11) is 1.29. The number of ether oxygens (including phenoxy) is 1. The Morgan fingerprint density at radius 2 is 1.95 bits per heavy atom. The Labute approximate surface area is 116 Å². The maximum absolute atomic E-state index is 13.3. The van der Waals surface area contributed by atoms with Crippen molar-refractivity contribution in [3.8, 4) is 5.75 Å². The predicted octanol–water partition coefficient (Wildman–Crippen LogP) is 2.06. The van der Waals surface area contributed by atoms with Gasteiger partial charge >= 0.3 is 5.97 Å². The standard InChI is InChI=1S/C14H18FNO4/c1-14(2,3)11(13(18)19)16-12(17)8-5-6-9(15)10(7-8)20-4/h5-7,11H,1-4H3,(H,16,17)(H,18,19)/t11-/m0/s1. The van der Waals surface area contributed by atoms with Gasteiger partial charge in [0.05, 0.1) is 7.11 Å². The van der Waals surface area contributed by atoms with E-state index in [4.69, 9.17) is 9.84 Å². The van der Waals surface area contributed by atoms with Crippen molar-refractivity contribution in [3.63, 3.8) is 0 Å². The van der Waals surface area contributed by atoms with Gasteiger partial charge in [-0.3, -0.25) is 4.79 Å². The molecule has 0 aromatic heterocycles. The summed E-state index contributed by atoms with van der Waals surface area (Å²) in [5, 5.41) is 11.6. The van der Waals surface area contributed by atoms with Crippen LogP contribution < -0.4 is 10.1 Å². The number of carbonyl (C=O) groups excluding carboxylic acids is 1. The van der Waals surface area contributed by atoms with Crippen LogP contribution in [-0.4, -0.2) is 30.1 Å². The first kappa shape index (κ1) is 15.9. The third kappa shape index (κ3) is 3.69. The third-order valence-electron chi connectivity index (χ3n) is 2.80. The molecule has 20 heavy (non-hydrogen) atoms. The zero-order valence-electron chi connectivity index (χ0n) is 11.9. The highest BCUT2D eigenvalue weighted by Crippen LogP contribution is 2.21. The minimum atomic E-state index is -1.13. The summed E-state index contributed by atoms with van der Waals surface area (Å²) in [6.07, 6.45) is 0. The fourth-order valence-electron chi connectivity index (χ4n) is 1.66. The molecular weight excluding hydrogens is 265 g/mol. The lowest BCUT2D eigenvalue weighted by atomic mass is 9.86. The largest absolute Gasteiger partial charge is 0.494 e. The quantitative estimate of drug-likeness (QED) is 0.887. The Kier molecular flexibility index (Phi) is 4.70. The van der Waals surface area contributed by atoms with Crippen molar-refractivity contribution in [2.24, 2.45) is 5.41 Å². The van der Waals surface area contributed by atoms with Crippen molar-refractivity contribution < 1.29 is 23.8 Å². The molecule has 1 atom stereocenters. The maximum Gasteiger partial charge on any atom is 0.326 e. The molecule has 1 aromatic rings. The minimum absolute atomic E-state index is 0.0692. The van der Waals surface area contributed by atoms with Crippen LogP contribution in [0.4, 0.5) is 4.39 Å². The fraction of sp³-hybridized carbons (Fsp3) is 0.429.